The third-order valence-electron chi connectivity index (χ3n) is 3.76. The number of rotatable bonds is 3. The molecule has 2 aromatic heterocycles. The van der Waals surface area contributed by atoms with Crippen LogP contribution in [0.2, 0.25) is 0 Å². The van der Waals surface area contributed by atoms with Crippen molar-refractivity contribution in [1.29, 1.82) is 0 Å². The van der Waals surface area contributed by atoms with Gasteiger partial charge in [-0.05, 0) is 46.2 Å². The van der Waals surface area contributed by atoms with E-state index in [0.29, 0.717) is 11.9 Å². The first-order valence-corrected chi connectivity index (χ1v) is 7.76. The number of nitrogens with one attached hydrogen (secondary N) is 2. The zero-order valence-corrected chi connectivity index (χ0v) is 13.3. The number of anilines is 2. The topological polar surface area (TPSA) is 75.6 Å². The molecule has 1 atom stereocenters. The molecule has 6 heteroatoms. The predicted molar refractivity (Wildman–Crippen MR) is 86.4 cm³/mol. The third-order valence-corrected chi connectivity index (χ3v) is 3.76. The quantitative estimate of drug-likeness (QED) is 0.906. The molecule has 6 nitrogen and oxygen atoms in total. The van der Waals surface area contributed by atoms with Gasteiger partial charge in [-0.2, -0.15) is 0 Å². The number of aryl methyl sites for hydroxylation is 3. The molecular weight excluding hydrogens is 276 g/mol. The van der Waals surface area contributed by atoms with Gasteiger partial charge in [0, 0.05) is 35.6 Å². The lowest BCUT2D eigenvalue weighted by molar-refractivity contribution is 0.446. The van der Waals surface area contributed by atoms with Crippen molar-refractivity contribution in [2.45, 2.75) is 39.5 Å². The SMILES string of the molecule is Cc1cc(C)nc(Nc2cc(C)nc([C@H]3CCCNC3)n2)n1. The average Bonchev–Trinajstić information content (AvgIpc) is 2.46. The van der Waals surface area contributed by atoms with Crippen molar-refractivity contribution < 1.29 is 0 Å². The Morgan fingerprint density at radius 1 is 1.00 bits per heavy atom. The van der Waals surface area contributed by atoms with Gasteiger partial charge >= 0.3 is 0 Å². The molecule has 0 saturated carbocycles. The second-order valence-corrected chi connectivity index (χ2v) is 5.90. The van der Waals surface area contributed by atoms with Crippen LogP contribution in [0.25, 0.3) is 0 Å². The van der Waals surface area contributed by atoms with Gasteiger partial charge < -0.3 is 10.6 Å². The first kappa shape index (κ1) is 14.8. The van der Waals surface area contributed by atoms with Crippen LogP contribution in [0.15, 0.2) is 12.1 Å². The molecule has 0 amide bonds. The number of hydrogen-bond acceptors (Lipinski definition) is 6. The van der Waals surface area contributed by atoms with E-state index in [-0.39, 0.29) is 0 Å². The Morgan fingerprint density at radius 2 is 1.73 bits per heavy atom. The molecule has 3 heterocycles. The molecule has 1 saturated heterocycles. The lowest BCUT2D eigenvalue weighted by Crippen LogP contribution is -2.29. The molecule has 3 rings (SSSR count). The summed E-state index contributed by atoms with van der Waals surface area (Å²) in [4.78, 5) is 18.1. The largest absolute Gasteiger partial charge is 0.316 e. The molecule has 0 aliphatic carbocycles. The van der Waals surface area contributed by atoms with Crippen LogP contribution < -0.4 is 10.6 Å². The van der Waals surface area contributed by atoms with Crippen LogP contribution in [0.5, 0.6) is 0 Å². The zero-order chi connectivity index (χ0) is 15.5. The Kier molecular flexibility index (Phi) is 4.29. The molecular formula is C16H22N6. The Bertz CT molecular complexity index is 643. The van der Waals surface area contributed by atoms with E-state index in [4.69, 9.17) is 0 Å². The van der Waals surface area contributed by atoms with Crippen molar-refractivity contribution in [3.63, 3.8) is 0 Å². The standard InChI is InChI=1S/C16H22N6/c1-10-7-11(2)20-16(19-10)22-14-8-12(3)18-15(21-14)13-5-4-6-17-9-13/h7-8,13,17H,4-6,9H2,1-3H3,(H,18,19,20,21,22)/t13-/m0/s1. The fourth-order valence-corrected chi connectivity index (χ4v) is 2.81. The number of nitrogens with zero attached hydrogens (tertiary/aromatic N) is 4. The molecule has 0 unspecified atom stereocenters. The summed E-state index contributed by atoms with van der Waals surface area (Å²) in [6, 6.07) is 3.89. The maximum atomic E-state index is 4.67. The van der Waals surface area contributed by atoms with Crippen molar-refractivity contribution in [3.8, 4) is 0 Å². The molecule has 0 spiro atoms. The van der Waals surface area contributed by atoms with Gasteiger partial charge in [-0.3, -0.25) is 0 Å². The average molecular weight is 298 g/mol. The first-order valence-electron chi connectivity index (χ1n) is 7.76. The highest BCUT2D eigenvalue weighted by atomic mass is 15.2. The summed E-state index contributed by atoms with van der Waals surface area (Å²) in [6.07, 6.45) is 2.31. The van der Waals surface area contributed by atoms with Gasteiger partial charge in [-0.15, -0.1) is 0 Å². The van der Waals surface area contributed by atoms with Crippen molar-refractivity contribution >= 4 is 11.8 Å². The molecule has 22 heavy (non-hydrogen) atoms. The lowest BCUT2D eigenvalue weighted by Gasteiger charge is -2.22. The Labute approximate surface area is 130 Å². The van der Waals surface area contributed by atoms with Crippen molar-refractivity contribution in [2.75, 3.05) is 18.4 Å². The third kappa shape index (κ3) is 3.57. The van der Waals surface area contributed by atoms with Gasteiger partial charge in [-0.25, -0.2) is 19.9 Å². The van der Waals surface area contributed by atoms with E-state index < -0.39 is 0 Å². The maximum absolute atomic E-state index is 4.67. The molecule has 2 aromatic rings. The van der Waals surface area contributed by atoms with E-state index >= 15 is 0 Å². The molecule has 2 N–H and O–H groups in total. The van der Waals surface area contributed by atoms with Crippen LogP contribution >= 0.6 is 0 Å². The summed E-state index contributed by atoms with van der Waals surface area (Å²) in [6.45, 7) is 7.95. The summed E-state index contributed by atoms with van der Waals surface area (Å²) in [7, 11) is 0. The van der Waals surface area contributed by atoms with Crippen LogP contribution in [0.3, 0.4) is 0 Å². The summed E-state index contributed by atoms with van der Waals surface area (Å²) in [5.74, 6) is 2.63. The van der Waals surface area contributed by atoms with Crippen molar-refractivity contribution in [2.24, 2.45) is 0 Å². The van der Waals surface area contributed by atoms with Gasteiger partial charge in [0.05, 0.1) is 0 Å². The normalized spacial score (nSPS) is 18.2. The lowest BCUT2D eigenvalue weighted by atomic mass is 9.99. The van der Waals surface area contributed by atoms with E-state index in [0.717, 1.165) is 48.2 Å². The highest BCUT2D eigenvalue weighted by Gasteiger charge is 2.19. The first-order chi connectivity index (χ1) is 10.6. The molecule has 0 radical (unpaired) electrons. The predicted octanol–water partition coefficient (Wildman–Crippen LogP) is 2.40. The molecule has 0 aromatic carbocycles. The smallest absolute Gasteiger partial charge is 0.228 e. The van der Waals surface area contributed by atoms with Crippen LogP contribution in [-0.4, -0.2) is 33.0 Å². The summed E-state index contributed by atoms with van der Waals surface area (Å²) in [5.41, 5.74) is 2.84. The highest BCUT2D eigenvalue weighted by molar-refractivity contribution is 5.48. The maximum Gasteiger partial charge on any atom is 0.228 e. The van der Waals surface area contributed by atoms with E-state index in [9.17, 15) is 0 Å². The van der Waals surface area contributed by atoms with Gasteiger partial charge in [-0.1, -0.05) is 0 Å². The molecule has 0 bridgehead atoms. The van der Waals surface area contributed by atoms with Crippen LogP contribution in [-0.2, 0) is 0 Å². The van der Waals surface area contributed by atoms with Crippen molar-refractivity contribution in [1.82, 2.24) is 25.3 Å². The Balaban J connectivity index is 1.85. The number of aromatic nitrogens is 4. The second kappa shape index (κ2) is 6.36. The fourth-order valence-electron chi connectivity index (χ4n) is 2.81. The van der Waals surface area contributed by atoms with E-state index in [1.807, 2.05) is 32.9 Å². The zero-order valence-electron chi connectivity index (χ0n) is 13.3. The van der Waals surface area contributed by atoms with Crippen molar-refractivity contribution in [3.05, 3.63) is 35.0 Å². The highest BCUT2D eigenvalue weighted by Crippen LogP contribution is 2.22. The van der Waals surface area contributed by atoms with Crippen LogP contribution in [0.1, 0.15) is 41.7 Å². The van der Waals surface area contributed by atoms with Gasteiger partial charge in [0.15, 0.2) is 0 Å². The summed E-state index contributed by atoms with van der Waals surface area (Å²) in [5, 5.41) is 6.62. The molecule has 1 aliphatic heterocycles. The van der Waals surface area contributed by atoms with Crippen LogP contribution in [0.4, 0.5) is 11.8 Å². The van der Waals surface area contributed by atoms with E-state index in [1.165, 1.54) is 6.42 Å². The summed E-state index contributed by atoms with van der Waals surface area (Å²) >= 11 is 0. The Morgan fingerprint density at radius 3 is 2.41 bits per heavy atom. The van der Waals surface area contributed by atoms with Gasteiger partial charge in [0.1, 0.15) is 11.6 Å². The van der Waals surface area contributed by atoms with Gasteiger partial charge in [0.2, 0.25) is 5.95 Å². The second-order valence-electron chi connectivity index (χ2n) is 5.90. The minimum atomic E-state index is 0.384. The minimum Gasteiger partial charge on any atom is -0.316 e. The molecule has 1 aliphatic rings. The van der Waals surface area contributed by atoms with E-state index in [1.54, 1.807) is 0 Å². The molecule has 116 valence electrons. The van der Waals surface area contributed by atoms with Gasteiger partial charge in [0.25, 0.3) is 0 Å². The van der Waals surface area contributed by atoms with E-state index in [2.05, 4.69) is 30.6 Å². The molecule has 1 fully saturated rings. The fraction of sp³-hybridized carbons (Fsp3) is 0.500. The number of hydrogen-bond donors (Lipinski definition) is 2. The minimum absolute atomic E-state index is 0.384. The Hall–Kier alpha value is -2.08. The number of piperidine rings is 1. The van der Waals surface area contributed by atoms with Crippen LogP contribution in [0, 0.1) is 20.8 Å². The summed E-state index contributed by atoms with van der Waals surface area (Å²) < 4.78 is 0. The monoisotopic (exact) mass is 298 g/mol.